The van der Waals surface area contributed by atoms with E-state index in [0.29, 0.717) is 12.0 Å². The molecule has 0 aromatic heterocycles. The predicted octanol–water partition coefficient (Wildman–Crippen LogP) is 3.15. The van der Waals surface area contributed by atoms with Crippen LogP contribution in [0.25, 0.3) is 0 Å². The minimum atomic E-state index is 0.00285. The van der Waals surface area contributed by atoms with Gasteiger partial charge in [-0.15, -0.1) is 0 Å². The predicted molar refractivity (Wildman–Crippen MR) is 88.5 cm³/mol. The van der Waals surface area contributed by atoms with Crippen LogP contribution in [0.3, 0.4) is 0 Å². The lowest BCUT2D eigenvalue weighted by molar-refractivity contribution is 0.0805. The lowest BCUT2D eigenvalue weighted by atomic mass is 9.62. The first kappa shape index (κ1) is 19.9. The molecule has 0 spiro atoms. The zero-order valence-electron chi connectivity index (χ0n) is 14.6. The van der Waals surface area contributed by atoms with E-state index in [1.54, 1.807) is 0 Å². The van der Waals surface area contributed by atoms with Crippen LogP contribution in [0.2, 0.25) is 0 Å². The lowest BCUT2D eigenvalue weighted by Gasteiger charge is -2.43. The molecule has 3 heteroatoms. The van der Waals surface area contributed by atoms with Crippen LogP contribution in [0, 0.1) is 22.2 Å². The van der Waals surface area contributed by atoms with Crippen molar-refractivity contribution in [1.29, 1.82) is 0 Å². The Kier molecular flexibility index (Phi) is 7.72. The van der Waals surface area contributed by atoms with Gasteiger partial charge in [-0.1, -0.05) is 41.5 Å². The van der Waals surface area contributed by atoms with Crippen molar-refractivity contribution in [3.05, 3.63) is 0 Å². The van der Waals surface area contributed by atoms with Crippen LogP contribution in [0.1, 0.15) is 67.2 Å². The molecule has 1 rings (SSSR count). The Bertz CT molecular complexity index is 249. The highest BCUT2D eigenvalue weighted by Gasteiger charge is 2.36. The van der Waals surface area contributed by atoms with Gasteiger partial charge in [0.2, 0.25) is 0 Å². The highest BCUT2D eigenvalue weighted by Crippen LogP contribution is 2.47. The molecule has 1 aliphatic rings. The third-order valence-electron chi connectivity index (χ3n) is 4.37. The summed E-state index contributed by atoms with van der Waals surface area (Å²) in [5.41, 5.74) is 11.8. The third kappa shape index (κ3) is 7.61. The van der Waals surface area contributed by atoms with Crippen molar-refractivity contribution in [3.63, 3.8) is 0 Å². The molecule has 1 fully saturated rings. The topological polar surface area (TPSA) is 72.3 Å². The van der Waals surface area contributed by atoms with E-state index in [9.17, 15) is 0 Å². The number of nitrogens with two attached hydrogens (primary N) is 2. The molecular weight excluding hydrogens is 248 g/mol. The summed E-state index contributed by atoms with van der Waals surface area (Å²) in [5.74, 6) is 0.960. The number of aliphatic hydroxyl groups is 1. The van der Waals surface area contributed by atoms with Crippen molar-refractivity contribution in [3.8, 4) is 0 Å². The normalized spacial score (nSPS) is 26.6. The smallest absolute Gasteiger partial charge is 0.0482 e. The van der Waals surface area contributed by atoms with E-state index in [1.807, 2.05) is 0 Å². The van der Waals surface area contributed by atoms with Crippen LogP contribution in [0.5, 0.6) is 0 Å². The molecule has 0 saturated heterocycles. The maximum Gasteiger partial charge on any atom is 0.0482 e. The van der Waals surface area contributed by atoms with Gasteiger partial charge in [-0.25, -0.2) is 0 Å². The van der Waals surface area contributed by atoms with Crippen LogP contribution < -0.4 is 11.5 Å². The summed E-state index contributed by atoms with van der Waals surface area (Å²) in [6.07, 6.45) is 4.97. The second-order valence-electron chi connectivity index (χ2n) is 8.73. The largest absolute Gasteiger partial charge is 0.396 e. The van der Waals surface area contributed by atoms with Gasteiger partial charge in [0.05, 0.1) is 0 Å². The van der Waals surface area contributed by atoms with Gasteiger partial charge in [0.1, 0.15) is 0 Å². The number of hydrogen-bond acceptors (Lipinski definition) is 3. The fraction of sp³-hybridized carbons (Fsp3) is 1.00. The molecule has 0 aromatic carbocycles. The Morgan fingerprint density at radius 2 is 1.60 bits per heavy atom. The van der Waals surface area contributed by atoms with Gasteiger partial charge >= 0.3 is 0 Å². The Morgan fingerprint density at radius 3 is 1.90 bits per heavy atom. The molecule has 5 N–H and O–H groups in total. The minimum absolute atomic E-state index is 0.00285. The summed E-state index contributed by atoms with van der Waals surface area (Å²) >= 11 is 0. The van der Waals surface area contributed by atoms with Gasteiger partial charge in [-0.3, -0.25) is 0 Å². The van der Waals surface area contributed by atoms with Crippen LogP contribution in [0.15, 0.2) is 0 Å². The Balaban J connectivity index is 0.000000367. The molecule has 20 heavy (non-hydrogen) atoms. The molecule has 0 bridgehead atoms. The van der Waals surface area contributed by atoms with E-state index in [0.717, 1.165) is 18.9 Å². The standard InChI is InChI=1S/C9H21NO.C8H17N/c1-8(2,6-10)5-9(3,4)7-11;1-7-5-8(2,6-7)3-4-9/h11H,5-7,10H2,1-4H3;7H,3-6,9H2,1-2H3. The highest BCUT2D eigenvalue weighted by atomic mass is 16.3. The van der Waals surface area contributed by atoms with Crippen LogP contribution in [-0.4, -0.2) is 24.8 Å². The zero-order valence-corrected chi connectivity index (χ0v) is 14.6. The van der Waals surface area contributed by atoms with Crippen molar-refractivity contribution < 1.29 is 5.11 Å². The summed E-state index contributed by atoms with van der Waals surface area (Å²) in [6.45, 7) is 14.8. The SMILES string of the molecule is CC(C)(CN)CC(C)(C)CO.CC1CC(C)(CCN)C1. The van der Waals surface area contributed by atoms with E-state index in [-0.39, 0.29) is 17.4 Å². The number of aliphatic hydroxyl groups excluding tert-OH is 1. The Morgan fingerprint density at radius 1 is 1.10 bits per heavy atom. The molecule has 0 unspecified atom stereocenters. The first-order valence-electron chi connectivity index (χ1n) is 8.00. The minimum Gasteiger partial charge on any atom is -0.396 e. The van der Waals surface area contributed by atoms with Crippen molar-refractivity contribution in [2.24, 2.45) is 33.6 Å². The maximum absolute atomic E-state index is 9.01. The number of hydrogen-bond donors (Lipinski definition) is 3. The molecule has 3 nitrogen and oxygen atoms in total. The van der Waals surface area contributed by atoms with Crippen molar-refractivity contribution in [2.75, 3.05) is 19.7 Å². The van der Waals surface area contributed by atoms with Gasteiger partial charge in [0.15, 0.2) is 0 Å². The molecule has 0 radical (unpaired) electrons. The Hall–Kier alpha value is -0.120. The van der Waals surface area contributed by atoms with E-state index < -0.39 is 0 Å². The number of rotatable bonds is 6. The van der Waals surface area contributed by atoms with Crippen molar-refractivity contribution >= 4 is 0 Å². The van der Waals surface area contributed by atoms with Crippen LogP contribution in [-0.2, 0) is 0 Å². The second-order valence-corrected chi connectivity index (χ2v) is 8.73. The molecule has 0 atom stereocenters. The van der Waals surface area contributed by atoms with E-state index in [1.165, 1.54) is 19.3 Å². The summed E-state index contributed by atoms with van der Waals surface area (Å²) in [7, 11) is 0. The molecule has 0 heterocycles. The Labute approximate surface area is 126 Å². The molecular formula is C17H38N2O. The van der Waals surface area contributed by atoms with E-state index in [4.69, 9.17) is 16.6 Å². The third-order valence-corrected chi connectivity index (χ3v) is 4.37. The summed E-state index contributed by atoms with van der Waals surface area (Å²) in [5, 5.41) is 9.01. The summed E-state index contributed by atoms with van der Waals surface area (Å²) < 4.78 is 0. The van der Waals surface area contributed by atoms with E-state index in [2.05, 4.69) is 41.5 Å². The van der Waals surface area contributed by atoms with Gasteiger partial charge < -0.3 is 16.6 Å². The fourth-order valence-corrected chi connectivity index (χ4v) is 3.60. The lowest BCUT2D eigenvalue weighted by Crippen LogP contribution is -2.34. The molecule has 1 saturated carbocycles. The average molecular weight is 287 g/mol. The molecule has 0 aliphatic heterocycles. The molecule has 122 valence electrons. The van der Waals surface area contributed by atoms with Gasteiger partial charge in [0.25, 0.3) is 0 Å². The summed E-state index contributed by atoms with van der Waals surface area (Å²) in [4.78, 5) is 0. The highest BCUT2D eigenvalue weighted by molar-refractivity contribution is 4.87. The van der Waals surface area contributed by atoms with Crippen LogP contribution >= 0.6 is 0 Å². The monoisotopic (exact) mass is 286 g/mol. The fourth-order valence-electron chi connectivity index (χ4n) is 3.60. The van der Waals surface area contributed by atoms with Crippen LogP contribution in [0.4, 0.5) is 0 Å². The van der Waals surface area contributed by atoms with E-state index >= 15 is 0 Å². The first-order chi connectivity index (χ1) is 8.99. The van der Waals surface area contributed by atoms with Crippen molar-refractivity contribution in [2.45, 2.75) is 67.2 Å². The quantitative estimate of drug-likeness (QED) is 0.702. The molecule has 1 aliphatic carbocycles. The zero-order chi connectivity index (χ0) is 16.0. The molecule has 0 aromatic rings. The van der Waals surface area contributed by atoms with Gasteiger partial charge in [-0.2, -0.15) is 0 Å². The first-order valence-corrected chi connectivity index (χ1v) is 8.00. The van der Waals surface area contributed by atoms with Crippen molar-refractivity contribution in [1.82, 2.24) is 0 Å². The summed E-state index contributed by atoms with van der Waals surface area (Å²) in [6, 6.07) is 0. The second kappa shape index (κ2) is 7.77. The van der Waals surface area contributed by atoms with Gasteiger partial charge in [0, 0.05) is 6.61 Å². The average Bonchev–Trinajstić information content (AvgIpc) is 2.27. The molecule has 0 amide bonds. The van der Waals surface area contributed by atoms with Gasteiger partial charge in [-0.05, 0) is 60.9 Å². The maximum atomic E-state index is 9.01.